The van der Waals surface area contributed by atoms with E-state index in [1.54, 1.807) is 11.7 Å². The molecule has 0 saturated heterocycles. The summed E-state index contributed by atoms with van der Waals surface area (Å²) in [6.45, 7) is 0. The Labute approximate surface area is 94.6 Å². The van der Waals surface area contributed by atoms with Crippen LogP contribution in [0.3, 0.4) is 0 Å². The first-order chi connectivity index (χ1) is 7.08. The average Bonchev–Trinajstić information content (AvgIpc) is 2.41. The van der Waals surface area contributed by atoms with Crippen molar-refractivity contribution in [1.29, 1.82) is 0 Å². The zero-order valence-corrected chi connectivity index (χ0v) is 9.65. The SMILES string of the molecule is Cn1nc2cc(Br)ccc2c1CC(=O)O. The van der Waals surface area contributed by atoms with Crippen LogP contribution in [-0.2, 0) is 18.3 Å². The Morgan fingerprint density at radius 2 is 2.33 bits per heavy atom. The monoisotopic (exact) mass is 268 g/mol. The fourth-order valence-electron chi connectivity index (χ4n) is 1.58. The molecule has 4 nitrogen and oxygen atoms in total. The summed E-state index contributed by atoms with van der Waals surface area (Å²) in [5, 5.41) is 13.9. The quantitative estimate of drug-likeness (QED) is 0.906. The molecule has 0 aliphatic rings. The first-order valence-electron chi connectivity index (χ1n) is 4.41. The summed E-state index contributed by atoms with van der Waals surface area (Å²) in [5.41, 5.74) is 1.54. The normalized spacial score (nSPS) is 10.8. The summed E-state index contributed by atoms with van der Waals surface area (Å²) < 4.78 is 2.56. The molecule has 0 spiro atoms. The Bertz CT molecular complexity index is 533. The molecule has 0 bridgehead atoms. The molecule has 2 rings (SSSR count). The molecule has 0 atom stereocenters. The molecule has 0 radical (unpaired) electrons. The van der Waals surface area contributed by atoms with E-state index < -0.39 is 5.97 Å². The molecule has 0 fully saturated rings. The van der Waals surface area contributed by atoms with Gasteiger partial charge in [0.25, 0.3) is 0 Å². The number of aromatic nitrogens is 2. The van der Waals surface area contributed by atoms with Crippen LogP contribution < -0.4 is 0 Å². The molecule has 0 aliphatic carbocycles. The first-order valence-corrected chi connectivity index (χ1v) is 5.20. The number of aliphatic carboxylic acids is 1. The lowest BCUT2D eigenvalue weighted by molar-refractivity contribution is -0.136. The van der Waals surface area contributed by atoms with Crippen LogP contribution in [0.5, 0.6) is 0 Å². The van der Waals surface area contributed by atoms with Gasteiger partial charge in [-0.2, -0.15) is 5.10 Å². The molecule has 5 heteroatoms. The van der Waals surface area contributed by atoms with Gasteiger partial charge in [-0.3, -0.25) is 9.48 Å². The minimum Gasteiger partial charge on any atom is -0.481 e. The highest BCUT2D eigenvalue weighted by Gasteiger charge is 2.11. The molecule has 2 aromatic rings. The van der Waals surface area contributed by atoms with Crippen LogP contribution in [-0.4, -0.2) is 20.9 Å². The number of fused-ring (bicyclic) bond motifs is 1. The van der Waals surface area contributed by atoms with Crippen LogP contribution in [0.1, 0.15) is 5.69 Å². The van der Waals surface area contributed by atoms with E-state index in [4.69, 9.17) is 5.11 Å². The second kappa shape index (κ2) is 3.66. The van der Waals surface area contributed by atoms with E-state index in [9.17, 15) is 4.79 Å². The highest BCUT2D eigenvalue weighted by atomic mass is 79.9. The molecule has 1 heterocycles. The molecule has 15 heavy (non-hydrogen) atoms. The first kappa shape index (κ1) is 10.2. The van der Waals surface area contributed by atoms with Gasteiger partial charge in [0.05, 0.1) is 17.6 Å². The van der Waals surface area contributed by atoms with Gasteiger partial charge in [-0.15, -0.1) is 0 Å². The van der Waals surface area contributed by atoms with E-state index in [2.05, 4.69) is 21.0 Å². The number of carbonyl (C=O) groups is 1. The van der Waals surface area contributed by atoms with Crippen molar-refractivity contribution in [1.82, 2.24) is 9.78 Å². The summed E-state index contributed by atoms with van der Waals surface area (Å²) in [4.78, 5) is 10.7. The van der Waals surface area contributed by atoms with Gasteiger partial charge in [-0.1, -0.05) is 15.9 Å². The molecule has 78 valence electrons. The van der Waals surface area contributed by atoms with Crippen molar-refractivity contribution in [3.8, 4) is 0 Å². The van der Waals surface area contributed by atoms with E-state index in [1.165, 1.54) is 0 Å². The lowest BCUT2D eigenvalue weighted by Crippen LogP contribution is -2.06. The van der Waals surface area contributed by atoms with Crippen molar-refractivity contribution < 1.29 is 9.90 Å². The van der Waals surface area contributed by atoms with E-state index in [0.717, 1.165) is 21.1 Å². The lowest BCUT2D eigenvalue weighted by Gasteiger charge is -1.97. The Kier molecular flexibility index (Phi) is 2.48. The van der Waals surface area contributed by atoms with Crippen molar-refractivity contribution in [2.24, 2.45) is 7.05 Å². The third-order valence-electron chi connectivity index (χ3n) is 2.24. The molecule has 1 aromatic carbocycles. The van der Waals surface area contributed by atoms with Gasteiger partial charge < -0.3 is 5.11 Å². The van der Waals surface area contributed by atoms with Crippen LogP contribution in [0, 0.1) is 0 Å². The maximum absolute atomic E-state index is 10.7. The largest absolute Gasteiger partial charge is 0.481 e. The Hall–Kier alpha value is -1.36. The highest BCUT2D eigenvalue weighted by molar-refractivity contribution is 9.10. The van der Waals surface area contributed by atoms with Crippen molar-refractivity contribution in [2.45, 2.75) is 6.42 Å². The van der Waals surface area contributed by atoms with Crippen molar-refractivity contribution in [2.75, 3.05) is 0 Å². The molecule has 0 aliphatic heterocycles. The molecule has 0 amide bonds. The average molecular weight is 269 g/mol. The van der Waals surface area contributed by atoms with Gasteiger partial charge in [0.1, 0.15) is 0 Å². The number of nitrogens with zero attached hydrogens (tertiary/aromatic N) is 2. The highest BCUT2D eigenvalue weighted by Crippen LogP contribution is 2.22. The van der Waals surface area contributed by atoms with Gasteiger partial charge in [0.15, 0.2) is 0 Å². The number of benzene rings is 1. The Morgan fingerprint density at radius 1 is 1.60 bits per heavy atom. The zero-order valence-electron chi connectivity index (χ0n) is 8.07. The molecular weight excluding hydrogens is 260 g/mol. The minimum absolute atomic E-state index is 0.00533. The smallest absolute Gasteiger partial charge is 0.309 e. The van der Waals surface area contributed by atoms with E-state index in [0.29, 0.717) is 0 Å². The summed E-state index contributed by atoms with van der Waals surface area (Å²) in [6, 6.07) is 5.64. The van der Waals surface area contributed by atoms with Crippen LogP contribution in [0.2, 0.25) is 0 Å². The minimum atomic E-state index is -0.845. The Morgan fingerprint density at radius 3 is 3.00 bits per heavy atom. The second-order valence-electron chi connectivity index (χ2n) is 3.30. The van der Waals surface area contributed by atoms with Gasteiger partial charge in [-0.05, 0) is 18.2 Å². The lowest BCUT2D eigenvalue weighted by atomic mass is 10.2. The number of rotatable bonds is 2. The summed E-state index contributed by atoms with van der Waals surface area (Å²) in [7, 11) is 1.76. The van der Waals surface area contributed by atoms with Crippen molar-refractivity contribution in [3.63, 3.8) is 0 Å². The maximum Gasteiger partial charge on any atom is 0.309 e. The number of hydrogen-bond acceptors (Lipinski definition) is 2. The molecule has 1 aromatic heterocycles. The van der Waals surface area contributed by atoms with Crippen LogP contribution in [0.25, 0.3) is 10.9 Å². The van der Waals surface area contributed by atoms with Gasteiger partial charge in [0, 0.05) is 16.9 Å². The maximum atomic E-state index is 10.7. The number of halogens is 1. The fourth-order valence-corrected chi connectivity index (χ4v) is 1.93. The summed E-state index contributed by atoms with van der Waals surface area (Å²) in [6.07, 6.45) is -0.00533. The Balaban J connectivity index is 2.63. The summed E-state index contributed by atoms with van der Waals surface area (Å²) >= 11 is 3.35. The molecule has 0 unspecified atom stereocenters. The third-order valence-corrected chi connectivity index (χ3v) is 2.73. The van der Waals surface area contributed by atoms with Crippen LogP contribution >= 0.6 is 15.9 Å². The van der Waals surface area contributed by atoms with E-state index >= 15 is 0 Å². The predicted octanol–water partition coefficient (Wildman–Crippen LogP) is 1.96. The second-order valence-corrected chi connectivity index (χ2v) is 4.22. The number of carboxylic acids is 1. The third kappa shape index (κ3) is 1.87. The standard InChI is InChI=1S/C10H9BrN2O2/c1-13-9(5-10(14)15)7-3-2-6(11)4-8(7)12-13/h2-4H,5H2,1H3,(H,14,15). The predicted molar refractivity (Wildman–Crippen MR) is 59.8 cm³/mol. The number of hydrogen-bond donors (Lipinski definition) is 1. The molecular formula is C10H9BrN2O2. The van der Waals surface area contributed by atoms with Crippen LogP contribution in [0.15, 0.2) is 22.7 Å². The van der Waals surface area contributed by atoms with Crippen LogP contribution in [0.4, 0.5) is 0 Å². The molecule has 1 N–H and O–H groups in total. The van der Waals surface area contributed by atoms with Gasteiger partial charge in [-0.25, -0.2) is 0 Å². The van der Waals surface area contributed by atoms with Gasteiger partial charge in [0.2, 0.25) is 0 Å². The van der Waals surface area contributed by atoms with E-state index in [1.807, 2.05) is 18.2 Å². The fraction of sp³-hybridized carbons (Fsp3) is 0.200. The number of aryl methyl sites for hydroxylation is 1. The van der Waals surface area contributed by atoms with Crippen molar-refractivity contribution >= 4 is 32.8 Å². The van der Waals surface area contributed by atoms with E-state index in [-0.39, 0.29) is 6.42 Å². The van der Waals surface area contributed by atoms with Crippen molar-refractivity contribution in [3.05, 3.63) is 28.4 Å². The summed E-state index contributed by atoms with van der Waals surface area (Å²) in [5.74, 6) is -0.845. The number of carboxylic acid groups (broad SMARTS) is 1. The topological polar surface area (TPSA) is 55.1 Å². The molecule has 0 saturated carbocycles. The van der Waals surface area contributed by atoms with Gasteiger partial charge >= 0.3 is 5.97 Å². The zero-order chi connectivity index (χ0) is 11.0.